The molecule has 0 saturated carbocycles. The van der Waals surface area contributed by atoms with Crippen molar-refractivity contribution in [2.45, 2.75) is 12.6 Å². The second-order valence-corrected chi connectivity index (χ2v) is 6.47. The van der Waals surface area contributed by atoms with Crippen LogP contribution in [0.4, 0.5) is 19.0 Å². The molecule has 2 N–H and O–H groups in total. The van der Waals surface area contributed by atoms with Gasteiger partial charge in [0.05, 0.1) is 25.4 Å². The van der Waals surface area contributed by atoms with Crippen LogP contribution in [-0.2, 0) is 15.7 Å². The molecule has 0 amide bonds. The van der Waals surface area contributed by atoms with Gasteiger partial charge in [0.1, 0.15) is 5.82 Å². The lowest BCUT2D eigenvalue weighted by molar-refractivity contribution is -0.137. The summed E-state index contributed by atoms with van der Waals surface area (Å²) < 4.78 is 49.5. The number of aliphatic imine (C=N–C) groups is 1. The molecule has 7 nitrogen and oxygen atoms in total. The van der Waals surface area contributed by atoms with Crippen molar-refractivity contribution in [3.63, 3.8) is 0 Å². The predicted octanol–water partition coefficient (Wildman–Crippen LogP) is 2.69. The van der Waals surface area contributed by atoms with E-state index in [9.17, 15) is 13.2 Å². The summed E-state index contributed by atoms with van der Waals surface area (Å²) >= 11 is 0. The molecule has 1 unspecified atom stereocenters. The van der Waals surface area contributed by atoms with Crippen LogP contribution in [0.2, 0.25) is 0 Å². The molecule has 1 fully saturated rings. The Kier molecular flexibility index (Phi) is 11.6. The third-order valence-corrected chi connectivity index (χ3v) is 4.40. The summed E-state index contributed by atoms with van der Waals surface area (Å²) in [6, 6.07) is 2.29. The van der Waals surface area contributed by atoms with Crippen molar-refractivity contribution in [1.29, 1.82) is 0 Å². The number of nitrogens with zero attached hydrogens (tertiary/aromatic N) is 3. The van der Waals surface area contributed by atoms with Gasteiger partial charge in [0, 0.05) is 52.5 Å². The third kappa shape index (κ3) is 8.51. The van der Waals surface area contributed by atoms with Crippen LogP contribution in [-0.4, -0.2) is 76.0 Å². The van der Waals surface area contributed by atoms with Crippen molar-refractivity contribution in [2.75, 3.05) is 65.5 Å². The molecule has 1 aliphatic heterocycles. The quantitative estimate of drug-likeness (QED) is 0.221. The Bertz CT molecular complexity index is 634. The number of methoxy groups -OCH3 is 1. The smallest absolute Gasteiger partial charge is 0.382 e. The minimum atomic E-state index is -4.43. The van der Waals surface area contributed by atoms with E-state index in [0.29, 0.717) is 32.3 Å². The molecule has 1 aromatic rings. The molecule has 1 aromatic heterocycles. The summed E-state index contributed by atoms with van der Waals surface area (Å²) in [5.41, 5.74) is -0.768. The minimum absolute atomic E-state index is 0. The molecule has 11 heteroatoms. The molecular weight excluding hydrogens is 502 g/mol. The average Bonchev–Trinajstić information content (AvgIpc) is 3.13. The van der Waals surface area contributed by atoms with E-state index < -0.39 is 11.7 Å². The summed E-state index contributed by atoms with van der Waals surface area (Å²) in [6.07, 6.45) is -2.09. The average molecular weight is 531 g/mol. The number of ether oxygens (including phenoxy) is 2. The van der Waals surface area contributed by atoms with E-state index in [0.717, 1.165) is 31.5 Å². The first kappa shape index (κ1) is 25.7. The highest BCUT2D eigenvalue weighted by atomic mass is 127. The molecule has 1 saturated heterocycles. The maximum absolute atomic E-state index is 13.0. The number of aromatic nitrogens is 1. The van der Waals surface area contributed by atoms with Crippen LogP contribution < -0.4 is 10.6 Å². The highest BCUT2D eigenvalue weighted by Crippen LogP contribution is 2.33. The largest absolute Gasteiger partial charge is 0.419 e. The number of guanidine groups is 1. The third-order valence-electron chi connectivity index (χ3n) is 4.40. The Morgan fingerprint density at radius 3 is 2.83 bits per heavy atom. The highest BCUT2D eigenvalue weighted by Gasteiger charge is 2.34. The summed E-state index contributed by atoms with van der Waals surface area (Å²) in [6.45, 7) is 4.25. The Morgan fingerprint density at radius 2 is 2.14 bits per heavy atom. The van der Waals surface area contributed by atoms with Crippen molar-refractivity contribution in [1.82, 2.24) is 15.2 Å². The van der Waals surface area contributed by atoms with Crippen molar-refractivity contribution >= 4 is 35.8 Å². The van der Waals surface area contributed by atoms with E-state index in [1.807, 2.05) is 0 Å². The molecule has 1 aliphatic rings. The number of anilines is 1. The molecule has 1 atom stereocenters. The lowest BCUT2D eigenvalue weighted by atomic mass is 10.1. The van der Waals surface area contributed by atoms with Crippen LogP contribution in [0.1, 0.15) is 12.0 Å². The lowest BCUT2D eigenvalue weighted by Crippen LogP contribution is -2.42. The molecule has 0 aliphatic carbocycles. The van der Waals surface area contributed by atoms with Gasteiger partial charge in [-0.1, -0.05) is 0 Å². The van der Waals surface area contributed by atoms with Gasteiger partial charge in [-0.25, -0.2) is 4.98 Å². The standard InChI is InChI=1S/C18H28F3N5O2.HI/c1-22-17(26-9-5-14(12-26)13-28-11-10-27-2)25-8-7-24-16-15(18(19,20)21)4-3-6-23-16;/h3-4,6,14H,5,7-13H2,1-2H3,(H,22,25)(H,23,24);1H. The Balaban J connectivity index is 0.00000420. The monoisotopic (exact) mass is 531 g/mol. The second-order valence-electron chi connectivity index (χ2n) is 6.47. The topological polar surface area (TPSA) is 71.0 Å². The van der Waals surface area contributed by atoms with Crippen LogP contribution in [0.3, 0.4) is 0 Å². The summed E-state index contributed by atoms with van der Waals surface area (Å²) in [5.74, 6) is 0.996. The van der Waals surface area contributed by atoms with Gasteiger partial charge in [-0.15, -0.1) is 24.0 Å². The van der Waals surface area contributed by atoms with Gasteiger partial charge in [-0.3, -0.25) is 4.99 Å². The van der Waals surface area contributed by atoms with E-state index in [-0.39, 0.29) is 36.3 Å². The molecule has 166 valence electrons. The molecule has 0 radical (unpaired) electrons. The number of hydrogen-bond acceptors (Lipinski definition) is 5. The normalized spacial score (nSPS) is 17.2. The van der Waals surface area contributed by atoms with Gasteiger partial charge in [-0.05, 0) is 18.6 Å². The van der Waals surface area contributed by atoms with Gasteiger partial charge < -0.3 is 25.0 Å². The lowest BCUT2D eigenvalue weighted by Gasteiger charge is -2.22. The molecular formula is C18H29F3IN5O2. The summed E-state index contributed by atoms with van der Waals surface area (Å²) in [4.78, 5) is 10.2. The van der Waals surface area contributed by atoms with Crippen LogP contribution in [0.15, 0.2) is 23.3 Å². The molecule has 0 spiro atoms. The molecule has 2 heterocycles. The maximum Gasteiger partial charge on any atom is 0.419 e. The minimum Gasteiger partial charge on any atom is -0.382 e. The van der Waals surface area contributed by atoms with Crippen LogP contribution in [0.5, 0.6) is 0 Å². The van der Waals surface area contributed by atoms with E-state index in [1.54, 1.807) is 14.2 Å². The molecule has 0 aromatic carbocycles. The first-order valence-corrected chi connectivity index (χ1v) is 9.24. The molecule has 29 heavy (non-hydrogen) atoms. The van der Waals surface area contributed by atoms with Gasteiger partial charge in [0.15, 0.2) is 5.96 Å². The number of likely N-dealkylation sites (tertiary alicyclic amines) is 1. The molecule has 0 bridgehead atoms. The first-order chi connectivity index (χ1) is 13.5. The van der Waals surface area contributed by atoms with Crippen LogP contribution in [0, 0.1) is 5.92 Å². The SMILES string of the molecule is CN=C(NCCNc1ncccc1C(F)(F)F)N1CCC(COCCOC)C1.I. The van der Waals surface area contributed by atoms with Crippen molar-refractivity contribution < 1.29 is 22.6 Å². The number of nitrogens with one attached hydrogen (secondary N) is 2. The van der Waals surface area contributed by atoms with Crippen molar-refractivity contribution in [3.05, 3.63) is 23.9 Å². The second kappa shape index (κ2) is 13.1. The zero-order chi connectivity index (χ0) is 20.4. The number of hydrogen-bond donors (Lipinski definition) is 2. The number of alkyl halides is 3. The number of pyridine rings is 1. The zero-order valence-electron chi connectivity index (χ0n) is 16.7. The van der Waals surface area contributed by atoms with Crippen LogP contribution in [0.25, 0.3) is 0 Å². The Morgan fingerprint density at radius 1 is 1.34 bits per heavy atom. The van der Waals surface area contributed by atoms with Crippen molar-refractivity contribution in [3.8, 4) is 0 Å². The number of rotatable bonds is 9. The van der Waals surface area contributed by atoms with Crippen LogP contribution >= 0.6 is 24.0 Å². The Hall–Kier alpha value is -1.34. The first-order valence-electron chi connectivity index (χ1n) is 9.24. The van der Waals surface area contributed by atoms with Gasteiger partial charge >= 0.3 is 6.18 Å². The van der Waals surface area contributed by atoms with E-state index >= 15 is 0 Å². The summed E-state index contributed by atoms with van der Waals surface area (Å²) in [7, 11) is 3.33. The fourth-order valence-corrected chi connectivity index (χ4v) is 3.02. The number of halogens is 4. The van der Waals surface area contributed by atoms with Gasteiger partial charge in [0.2, 0.25) is 0 Å². The zero-order valence-corrected chi connectivity index (χ0v) is 19.0. The van der Waals surface area contributed by atoms with Crippen molar-refractivity contribution in [2.24, 2.45) is 10.9 Å². The van der Waals surface area contributed by atoms with E-state index in [1.165, 1.54) is 12.3 Å². The van der Waals surface area contributed by atoms with E-state index in [2.05, 4.69) is 25.5 Å². The highest BCUT2D eigenvalue weighted by molar-refractivity contribution is 14.0. The fraction of sp³-hybridized carbons (Fsp3) is 0.667. The Labute approximate surface area is 186 Å². The predicted molar refractivity (Wildman–Crippen MR) is 117 cm³/mol. The molecule has 2 rings (SSSR count). The van der Waals surface area contributed by atoms with Gasteiger partial charge in [0.25, 0.3) is 0 Å². The van der Waals surface area contributed by atoms with E-state index in [4.69, 9.17) is 9.47 Å². The maximum atomic E-state index is 13.0. The summed E-state index contributed by atoms with van der Waals surface area (Å²) in [5, 5.41) is 5.92. The fourth-order valence-electron chi connectivity index (χ4n) is 3.02. The van der Waals surface area contributed by atoms with Gasteiger partial charge in [-0.2, -0.15) is 13.2 Å².